The number of fused-ring (bicyclic) bond motifs is 5. The lowest BCUT2D eigenvalue weighted by Gasteiger charge is -2.34. The third-order valence-electron chi connectivity index (χ3n) is 6.43. The Kier molecular flexibility index (Phi) is 4.93. The van der Waals surface area contributed by atoms with Gasteiger partial charge in [0.1, 0.15) is 17.0 Å². The number of aryl methyl sites for hydroxylation is 2. The summed E-state index contributed by atoms with van der Waals surface area (Å²) in [5, 5.41) is 1.32. The quantitative estimate of drug-likeness (QED) is 0.647. The highest BCUT2D eigenvalue weighted by Gasteiger charge is 2.26. The molecule has 3 aromatic rings. The van der Waals surface area contributed by atoms with Gasteiger partial charge in [-0.15, -0.1) is 11.3 Å². The molecular weight excluding hydrogens is 366 g/mol. The third-order valence-corrected chi connectivity index (χ3v) is 7.49. The molecule has 0 atom stereocenters. The molecule has 6 heteroatoms. The van der Waals surface area contributed by atoms with Crippen LogP contribution in [0.4, 0.5) is 5.82 Å². The number of hydrogen-bond acceptors (Lipinski definition) is 6. The highest BCUT2D eigenvalue weighted by Crippen LogP contribution is 2.42. The number of piperazine rings is 1. The molecule has 0 aromatic carbocycles. The number of anilines is 1. The number of rotatable bonds is 5. The summed E-state index contributed by atoms with van der Waals surface area (Å²) in [5.41, 5.74) is 5.54. The highest BCUT2D eigenvalue weighted by atomic mass is 32.1. The number of thiophene rings is 1. The van der Waals surface area contributed by atoms with Gasteiger partial charge < -0.3 is 9.80 Å². The Labute approximate surface area is 170 Å². The molecule has 0 spiro atoms. The zero-order valence-corrected chi connectivity index (χ0v) is 17.8. The Morgan fingerprint density at radius 1 is 1.04 bits per heavy atom. The molecule has 0 saturated carbocycles. The summed E-state index contributed by atoms with van der Waals surface area (Å²) in [6.07, 6.45) is 8.94. The van der Waals surface area contributed by atoms with Crippen molar-refractivity contribution in [2.75, 3.05) is 37.6 Å². The molecule has 2 aliphatic rings. The van der Waals surface area contributed by atoms with E-state index in [4.69, 9.17) is 15.0 Å². The maximum absolute atomic E-state index is 5.16. The summed E-state index contributed by atoms with van der Waals surface area (Å²) < 4.78 is 1.23. The molecule has 28 heavy (non-hydrogen) atoms. The molecule has 0 unspecified atom stereocenters. The monoisotopic (exact) mass is 395 g/mol. The zero-order chi connectivity index (χ0) is 19.1. The van der Waals surface area contributed by atoms with Crippen LogP contribution in [0.1, 0.15) is 49.9 Å². The maximum atomic E-state index is 5.16. The highest BCUT2D eigenvalue weighted by molar-refractivity contribution is 7.26. The molecule has 1 fully saturated rings. The first-order valence-corrected chi connectivity index (χ1v) is 11.7. The Morgan fingerprint density at radius 3 is 2.64 bits per heavy atom. The van der Waals surface area contributed by atoms with Crippen molar-refractivity contribution >= 4 is 37.6 Å². The van der Waals surface area contributed by atoms with Crippen LogP contribution in [0.25, 0.3) is 20.4 Å². The van der Waals surface area contributed by atoms with Gasteiger partial charge in [0.05, 0.1) is 10.2 Å². The molecular formula is C22H29N5S. The second-order valence-electron chi connectivity index (χ2n) is 8.05. The van der Waals surface area contributed by atoms with Gasteiger partial charge in [0.25, 0.3) is 0 Å². The van der Waals surface area contributed by atoms with E-state index in [1.807, 2.05) is 11.3 Å². The average molecular weight is 396 g/mol. The minimum absolute atomic E-state index is 1.04. The molecule has 0 radical (unpaired) electrons. The first-order chi connectivity index (χ1) is 13.8. The lowest BCUT2D eigenvalue weighted by atomic mass is 10.0. The van der Waals surface area contributed by atoms with Gasteiger partial charge >= 0.3 is 0 Å². The van der Waals surface area contributed by atoms with Crippen LogP contribution in [-0.4, -0.2) is 52.6 Å². The summed E-state index contributed by atoms with van der Waals surface area (Å²) in [4.78, 5) is 20.8. The van der Waals surface area contributed by atoms with Gasteiger partial charge in [0, 0.05) is 37.3 Å². The second-order valence-corrected chi connectivity index (χ2v) is 9.05. The van der Waals surface area contributed by atoms with Crippen LogP contribution in [0.3, 0.4) is 0 Å². The number of aromatic nitrogens is 3. The average Bonchev–Trinajstić information content (AvgIpc) is 3.36. The van der Waals surface area contributed by atoms with Gasteiger partial charge in [-0.1, -0.05) is 20.3 Å². The van der Waals surface area contributed by atoms with E-state index in [9.17, 15) is 0 Å². The summed E-state index contributed by atoms with van der Waals surface area (Å²) >= 11 is 1.81. The van der Waals surface area contributed by atoms with Gasteiger partial charge in [-0.25, -0.2) is 15.0 Å². The normalized spacial score (nSPS) is 17.7. The summed E-state index contributed by atoms with van der Waals surface area (Å²) in [6.45, 7) is 9.95. The first-order valence-electron chi connectivity index (χ1n) is 10.8. The molecule has 148 valence electrons. The van der Waals surface area contributed by atoms with E-state index in [0.717, 1.165) is 50.5 Å². The van der Waals surface area contributed by atoms with Crippen LogP contribution >= 0.6 is 11.3 Å². The van der Waals surface area contributed by atoms with E-state index in [1.54, 1.807) is 6.33 Å². The number of nitrogens with zero attached hydrogens (tertiary/aromatic N) is 5. The molecule has 1 aliphatic heterocycles. The Balaban J connectivity index is 1.62. The Morgan fingerprint density at radius 2 is 1.86 bits per heavy atom. The number of pyridine rings is 1. The minimum Gasteiger partial charge on any atom is -0.353 e. The van der Waals surface area contributed by atoms with Gasteiger partial charge in [-0.3, -0.25) is 0 Å². The fourth-order valence-corrected chi connectivity index (χ4v) is 6.01. The minimum atomic E-state index is 1.04. The van der Waals surface area contributed by atoms with Crippen molar-refractivity contribution in [2.24, 2.45) is 0 Å². The van der Waals surface area contributed by atoms with Crippen molar-refractivity contribution in [2.45, 2.75) is 52.4 Å². The van der Waals surface area contributed by atoms with Crippen LogP contribution in [0.5, 0.6) is 0 Å². The van der Waals surface area contributed by atoms with E-state index in [0.29, 0.717) is 0 Å². The standard InChI is InChI=1S/C22H29N5S/c1-3-5-9-17-15-7-6-8-16(15)18-19-20(28-22(18)25-17)21(24-14-23-19)27-12-10-26(4-2)11-13-27/h14H,3-13H2,1-2H3. The first kappa shape index (κ1) is 18.3. The topological polar surface area (TPSA) is 45.2 Å². The lowest BCUT2D eigenvalue weighted by molar-refractivity contribution is 0.271. The van der Waals surface area contributed by atoms with Crippen LogP contribution < -0.4 is 4.90 Å². The maximum Gasteiger partial charge on any atom is 0.150 e. The molecule has 1 saturated heterocycles. The van der Waals surface area contributed by atoms with Crippen molar-refractivity contribution in [1.82, 2.24) is 19.9 Å². The van der Waals surface area contributed by atoms with Crippen LogP contribution in [0.2, 0.25) is 0 Å². The molecule has 4 heterocycles. The molecule has 0 N–H and O–H groups in total. The summed E-state index contributed by atoms with van der Waals surface area (Å²) in [5.74, 6) is 1.12. The number of hydrogen-bond donors (Lipinski definition) is 0. The third kappa shape index (κ3) is 2.98. The molecule has 3 aromatic heterocycles. The summed E-state index contributed by atoms with van der Waals surface area (Å²) in [7, 11) is 0. The molecule has 5 rings (SSSR count). The Hall–Kier alpha value is -1.79. The van der Waals surface area contributed by atoms with E-state index in [-0.39, 0.29) is 0 Å². The van der Waals surface area contributed by atoms with E-state index in [1.165, 1.54) is 63.8 Å². The molecule has 5 nitrogen and oxygen atoms in total. The van der Waals surface area contributed by atoms with Crippen LogP contribution in [0, 0.1) is 0 Å². The van der Waals surface area contributed by atoms with Crippen molar-refractivity contribution in [1.29, 1.82) is 0 Å². The van der Waals surface area contributed by atoms with Gasteiger partial charge in [0.2, 0.25) is 0 Å². The predicted molar refractivity (Wildman–Crippen MR) is 118 cm³/mol. The van der Waals surface area contributed by atoms with Crippen LogP contribution in [0.15, 0.2) is 6.33 Å². The Bertz CT molecular complexity index is 1000. The number of likely N-dealkylation sites (N-methyl/N-ethyl adjacent to an activating group) is 1. The van der Waals surface area contributed by atoms with Gasteiger partial charge in [-0.2, -0.15) is 0 Å². The number of unbranched alkanes of at least 4 members (excludes halogenated alkanes) is 1. The largest absolute Gasteiger partial charge is 0.353 e. The van der Waals surface area contributed by atoms with Crippen LogP contribution in [-0.2, 0) is 19.3 Å². The van der Waals surface area contributed by atoms with Crippen molar-refractivity contribution < 1.29 is 0 Å². The zero-order valence-electron chi connectivity index (χ0n) is 17.0. The second kappa shape index (κ2) is 7.56. The smallest absolute Gasteiger partial charge is 0.150 e. The lowest BCUT2D eigenvalue weighted by Crippen LogP contribution is -2.46. The van der Waals surface area contributed by atoms with Gasteiger partial charge in [-0.05, 0) is 49.8 Å². The molecule has 1 aliphatic carbocycles. The van der Waals surface area contributed by atoms with E-state index in [2.05, 4.69) is 23.6 Å². The van der Waals surface area contributed by atoms with Crippen molar-refractivity contribution in [3.05, 3.63) is 23.1 Å². The SMILES string of the molecule is CCCCc1nc2sc3c(N4CCN(CC)CC4)ncnc3c2c2c1CCC2. The molecule has 0 amide bonds. The predicted octanol–water partition coefficient (Wildman–Crippen LogP) is 4.21. The van der Waals surface area contributed by atoms with Crippen molar-refractivity contribution in [3.8, 4) is 0 Å². The van der Waals surface area contributed by atoms with E-state index >= 15 is 0 Å². The fraction of sp³-hybridized carbons (Fsp3) is 0.591. The van der Waals surface area contributed by atoms with Gasteiger partial charge in [0.15, 0.2) is 0 Å². The van der Waals surface area contributed by atoms with Crippen molar-refractivity contribution in [3.63, 3.8) is 0 Å². The fourth-order valence-electron chi connectivity index (χ4n) is 4.82. The van der Waals surface area contributed by atoms with E-state index < -0.39 is 0 Å². The molecule has 0 bridgehead atoms. The summed E-state index contributed by atoms with van der Waals surface area (Å²) in [6, 6.07) is 0.